The maximum absolute atomic E-state index is 11.8. The van der Waals surface area contributed by atoms with Crippen LogP contribution in [-0.2, 0) is 32.2 Å². The number of nitrogens with one attached hydrogen (secondary N) is 1. The van der Waals surface area contributed by atoms with Crippen molar-refractivity contribution < 1.29 is 19.0 Å². The topological polar surface area (TPSA) is 82.8 Å². The van der Waals surface area contributed by atoms with Crippen molar-refractivity contribution in [3.8, 4) is 0 Å². The molecule has 1 atom stereocenters. The van der Waals surface area contributed by atoms with Crippen LogP contribution in [0.25, 0.3) is 0 Å². The fourth-order valence-electron chi connectivity index (χ4n) is 2.46. The fourth-order valence-corrected chi connectivity index (χ4v) is 2.46. The first kappa shape index (κ1) is 20.9. The van der Waals surface area contributed by atoms with Crippen LogP contribution in [-0.4, -0.2) is 45.0 Å². The summed E-state index contributed by atoms with van der Waals surface area (Å²) in [5, 5.41) is 2.81. The lowest BCUT2D eigenvalue weighted by Gasteiger charge is -2.22. The molecule has 0 aliphatic carbocycles. The summed E-state index contributed by atoms with van der Waals surface area (Å²) in [6.45, 7) is 2.79. The van der Waals surface area contributed by atoms with Gasteiger partial charge < -0.3 is 25.3 Å². The second kappa shape index (κ2) is 11.4. The van der Waals surface area contributed by atoms with E-state index in [1.54, 1.807) is 0 Å². The van der Waals surface area contributed by atoms with Crippen molar-refractivity contribution in [3.05, 3.63) is 35.4 Å². The third-order valence-electron chi connectivity index (χ3n) is 3.80. The third kappa shape index (κ3) is 7.15. The molecular weight excluding hydrogens is 332 g/mol. The molecule has 1 heterocycles. The number of ether oxygens (including phenoxy) is 3. The average molecular weight is 359 g/mol. The van der Waals surface area contributed by atoms with Crippen molar-refractivity contribution in [2.24, 2.45) is 5.73 Å². The predicted octanol–water partition coefficient (Wildman–Crippen LogP) is 1.39. The zero-order chi connectivity index (χ0) is 16.5. The lowest BCUT2D eigenvalue weighted by atomic mass is 10.1. The highest BCUT2D eigenvalue weighted by Crippen LogP contribution is 2.14. The van der Waals surface area contributed by atoms with E-state index in [4.69, 9.17) is 19.9 Å². The first-order valence-electron chi connectivity index (χ1n) is 7.98. The van der Waals surface area contributed by atoms with E-state index in [0.29, 0.717) is 13.2 Å². The minimum atomic E-state index is -0.639. The molecule has 1 aliphatic heterocycles. The number of methoxy groups -OCH3 is 1. The maximum Gasteiger partial charge on any atom is 0.239 e. The van der Waals surface area contributed by atoms with Gasteiger partial charge in [-0.05, 0) is 24.0 Å². The highest BCUT2D eigenvalue weighted by atomic mass is 35.5. The number of halogens is 1. The van der Waals surface area contributed by atoms with Crippen LogP contribution in [0.4, 0.5) is 0 Å². The second-order valence-corrected chi connectivity index (χ2v) is 5.72. The number of hydrogen-bond donors (Lipinski definition) is 2. The first-order chi connectivity index (χ1) is 11.2. The molecule has 24 heavy (non-hydrogen) atoms. The molecule has 1 saturated heterocycles. The molecule has 0 aromatic heterocycles. The smallest absolute Gasteiger partial charge is 0.239 e. The average Bonchev–Trinajstić information content (AvgIpc) is 2.59. The highest BCUT2D eigenvalue weighted by Gasteiger charge is 2.14. The van der Waals surface area contributed by atoms with Gasteiger partial charge in [-0.2, -0.15) is 0 Å². The van der Waals surface area contributed by atoms with Gasteiger partial charge in [-0.1, -0.05) is 24.3 Å². The monoisotopic (exact) mass is 358 g/mol. The third-order valence-corrected chi connectivity index (χ3v) is 3.80. The highest BCUT2D eigenvalue weighted by molar-refractivity contribution is 5.85. The summed E-state index contributed by atoms with van der Waals surface area (Å²) in [5.74, 6) is -0.212. The molecule has 1 amide bonds. The number of nitrogens with two attached hydrogens (primary N) is 1. The number of carbonyl (C=O) groups excluding carboxylic acids is 1. The number of hydrogen-bond acceptors (Lipinski definition) is 5. The Morgan fingerprint density at radius 2 is 2.08 bits per heavy atom. The normalized spacial score (nSPS) is 16.2. The Hall–Kier alpha value is -1.18. The first-order valence-corrected chi connectivity index (χ1v) is 7.98. The molecule has 3 N–H and O–H groups in total. The van der Waals surface area contributed by atoms with Gasteiger partial charge in [-0.15, -0.1) is 12.4 Å². The van der Waals surface area contributed by atoms with Gasteiger partial charge in [-0.3, -0.25) is 4.79 Å². The number of rotatable bonds is 8. The van der Waals surface area contributed by atoms with E-state index in [1.807, 2.05) is 24.3 Å². The van der Waals surface area contributed by atoms with Gasteiger partial charge in [0, 0.05) is 26.9 Å². The molecule has 0 saturated carbocycles. The number of benzene rings is 1. The zero-order valence-electron chi connectivity index (χ0n) is 14.0. The molecule has 0 radical (unpaired) electrons. The van der Waals surface area contributed by atoms with E-state index in [9.17, 15) is 4.79 Å². The molecule has 0 spiro atoms. The molecule has 7 heteroatoms. The molecule has 1 fully saturated rings. The van der Waals surface area contributed by atoms with E-state index < -0.39 is 6.04 Å². The SMILES string of the molecule is COCC(N)C(=O)NCc1cccc(COC2CCOCC2)c1.Cl. The molecular formula is C17H27ClN2O4. The summed E-state index contributed by atoms with van der Waals surface area (Å²) in [7, 11) is 1.52. The Labute approximate surface area is 149 Å². The quantitative estimate of drug-likeness (QED) is 0.733. The minimum Gasteiger partial charge on any atom is -0.383 e. The summed E-state index contributed by atoms with van der Waals surface area (Å²) in [6.07, 6.45) is 2.18. The summed E-state index contributed by atoms with van der Waals surface area (Å²) < 4.78 is 16.1. The molecule has 0 bridgehead atoms. The van der Waals surface area contributed by atoms with Crippen molar-refractivity contribution >= 4 is 18.3 Å². The van der Waals surface area contributed by atoms with Gasteiger partial charge >= 0.3 is 0 Å². The number of amides is 1. The Morgan fingerprint density at radius 3 is 2.79 bits per heavy atom. The van der Waals surface area contributed by atoms with E-state index in [1.165, 1.54) is 7.11 Å². The van der Waals surface area contributed by atoms with E-state index in [0.717, 1.165) is 37.2 Å². The van der Waals surface area contributed by atoms with E-state index in [2.05, 4.69) is 5.32 Å². The molecule has 1 aromatic carbocycles. The molecule has 6 nitrogen and oxygen atoms in total. The Bertz CT molecular complexity index is 495. The standard InChI is InChI=1S/C17H26N2O4.ClH/c1-21-12-16(18)17(20)19-10-13-3-2-4-14(9-13)11-23-15-5-7-22-8-6-15;/h2-4,9,15-16H,5-8,10-12,18H2,1H3,(H,19,20);1H. The molecule has 1 unspecified atom stereocenters. The predicted molar refractivity (Wildman–Crippen MR) is 94.0 cm³/mol. The fraction of sp³-hybridized carbons (Fsp3) is 0.588. The van der Waals surface area contributed by atoms with Crippen LogP contribution in [0.5, 0.6) is 0 Å². The van der Waals surface area contributed by atoms with Crippen molar-refractivity contribution in [1.29, 1.82) is 0 Å². The van der Waals surface area contributed by atoms with Gasteiger partial charge in [0.2, 0.25) is 5.91 Å². The zero-order valence-corrected chi connectivity index (χ0v) is 14.8. The van der Waals surface area contributed by atoms with Gasteiger partial charge in [0.25, 0.3) is 0 Å². The van der Waals surface area contributed by atoms with Crippen LogP contribution in [0.1, 0.15) is 24.0 Å². The van der Waals surface area contributed by atoms with Crippen molar-refractivity contribution in [2.75, 3.05) is 26.9 Å². The molecule has 1 aromatic rings. The van der Waals surface area contributed by atoms with Crippen LogP contribution in [0.2, 0.25) is 0 Å². The lowest BCUT2D eigenvalue weighted by molar-refractivity contribution is -0.123. The van der Waals surface area contributed by atoms with Gasteiger partial charge in [-0.25, -0.2) is 0 Å². The van der Waals surface area contributed by atoms with E-state index >= 15 is 0 Å². The van der Waals surface area contributed by atoms with Gasteiger partial charge in [0.05, 0.1) is 19.3 Å². The van der Waals surface area contributed by atoms with Crippen LogP contribution >= 0.6 is 12.4 Å². The van der Waals surface area contributed by atoms with Gasteiger partial charge in [0.15, 0.2) is 0 Å². The summed E-state index contributed by atoms with van der Waals surface area (Å²) in [6, 6.07) is 7.38. The van der Waals surface area contributed by atoms with Crippen LogP contribution < -0.4 is 11.1 Å². The number of carbonyl (C=O) groups is 1. The second-order valence-electron chi connectivity index (χ2n) is 5.72. The van der Waals surface area contributed by atoms with Gasteiger partial charge in [0.1, 0.15) is 6.04 Å². The Morgan fingerprint density at radius 1 is 1.38 bits per heavy atom. The molecule has 1 aliphatic rings. The van der Waals surface area contributed by atoms with Crippen molar-refractivity contribution in [2.45, 2.75) is 38.1 Å². The van der Waals surface area contributed by atoms with Crippen LogP contribution in [0.3, 0.4) is 0 Å². The lowest BCUT2D eigenvalue weighted by Crippen LogP contribution is -2.43. The van der Waals surface area contributed by atoms with Crippen molar-refractivity contribution in [1.82, 2.24) is 5.32 Å². The molecule has 136 valence electrons. The van der Waals surface area contributed by atoms with Crippen molar-refractivity contribution in [3.63, 3.8) is 0 Å². The molecule has 2 rings (SSSR count). The Balaban J connectivity index is 0.00000288. The Kier molecular flexibility index (Phi) is 9.90. The summed E-state index contributed by atoms with van der Waals surface area (Å²) in [4.78, 5) is 11.8. The largest absolute Gasteiger partial charge is 0.383 e. The summed E-state index contributed by atoms with van der Waals surface area (Å²) >= 11 is 0. The summed E-state index contributed by atoms with van der Waals surface area (Å²) in [5.41, 5.74) is 7.81. The van der Waals surface area contributed by atoms with Crippen LogP contribution in [0, 0.1) is 0 Å². The van der Waals surface area contributed by atoms with Crippen LogP contribution in [0.15, 0.2) is 24.3 Å². The maximum atomic E-state index is 11.8. The minimum absolute atomic E-state index is 0. The van der Waals surface area contributed by atoms with E-state index in [-0.39, 0.29) is 31.0 Å².